The molecule has 0 atom stereocenters. The first-order valence-electron chi connectivity index (χ1n) is 8.84. The summed E-state index contributed by atoms with van der Waals surface area (Å²) in [6.07, 6.45) is 5.06. The Hall–Kier alpha value is -1.01. The fourth-order valence-electron chi connectivity index (χ4n) is 3.34. The van der Waals surface area contributed by atoms with Crippen LogP contribution in [0.15, 0.2) is 17.6 Å². The molecule has 1 aromatic rings. The molecule has 3 heterocycles. The third kappa shape index (κ3) is 3.97. The minimum absolute atomic E-state index is 0.319. The number of hydrogen-bond acceptors (Lipinski definition) is 4. The molecule has 0 N–H and O–H groups in total. The molecule has 1 amide bonds. The van der Waals surface area contributed by atoms with Crippen molar-refractivity contribution in [2.75, 3.05) is 38.1 Å². The van der Waals surface area contributed by atoms with Gasteiger partial charge in [-0.3, -0.25) is 4.79 Å². The molecule has 4 nitrogen and oxygen atoms in total. The molecule has 0 unspecified atom stereocenters. The molecule has 1 fully saturated rings. The highest BCUT2D eigenvalue weighted by Crippen LogP contribution is 2.33. The summed E-state index contributed by atoms with van der Waals surface area (Å²) in [7, 11) is 0. The average Bonchev–Trinajstić information content (AvgIpc) is 3.09. The van der Waals surface area contributed by atoms with E-state index in [1.54, 1.807) is 0 Å². The van der Waals surface area contributed by atoms with Crippen molar-refractivity contribution >= 4 is 38.9 Å². The second-order valence-corrected chi connectivity index (χ2v) is 8.14. The molecule has 1 saturated heterocycles. The summed E-state index contributed by atoms with van der Waals surface area (Å²) in [5.74, 6) is 0.319. The molecule has 1 aromatic heterocycles. The molecule has 6 heteroatoms. The van der Waals surface area contributed by atoms with Crippen molar-refractivity contribution in [2.45, 2.75) is 32.7 Å². The number of carbonyl (C=O) groups is 1. The van der Waals surface area contributed by atoms with Gasteiger partial charge < -0.3 is 14.7 Å². The van der Waals surface area contributed by atoms with Crippen LogP contribution in [-0.2, 0) is 11.3 Å². The largest absolute Gasteiger partial charge is 0.371 e. The Morgan fingerprint density at radius 2 is 2.04 bits per heavy atom. The first-order chi connectivity index (χ1) is 11.7. The highest BCUT2D eigenvalue weighted by atomic mass is 79.9. The molecule has 0 aliphatic carbocycles. The average molecular weight is 412 g/mol. The van der Waals surface area contributed by atoms with Crippen LogP contribution in [0.4, 0.5) is 0 Å². The molecule has 3 rings (SSSR count). The van der Waals surface area contributed by atoms with Crippen LogP contribution >= 0.6 is 27.3 Å². The summed E-state index contributed by atoms with van der Waals surface area (Å²) in [5, 5.41) is 3.18. The predicted molar refractivity (Wildman–Crippen MR) is 104 cm³/mol. The van der Waals surface area contributed by atoms with Crippen molar-refractivity contribution in [1.29, 1.82) is 0 Å². The first-order valence-corrected chi connectivity index (χ1v) is 10.8. The predicted octanol–water partition coefficient (Wildman–Crippen LogP) is 3.59. The van der Waals surface area contributed by atoms with Gasteiger partial charge in [0, 0.05) is 61.1 Å². The number of carbonyl (C=O) groups excluding carboxylic acids is 1. The van der Waals surface area contributed by atoms with Crippen molar-refractivity contribution < 1.29 is 4.79 Å². The van der Waals surface area contributed by atoms with Gasteiger partial charge in [0.25, 0.3) is 0 Å². The number of amides is 1. The molecular formula is C18H26BrN3OS. The zero-order valence-electron chi connectivity index (χ0n) is 14.3. The normalized spacial score (nSPS) is 17.8. The standard InChI is InChI=1S/C18H26BrN3OS/c1-2-20-13-16(15-6-12-24-17(15)14-20)21-8-10-22(11-9-21)18(23)5-3-4-7-19/h6,12-13H,2-5,7-11,14H2,1H3. The molecule has 2 aliphatic rings. The maximum absolute atomic E-state index is 12.3. The number of halogens is 1. The lowest BCUT2D eigenvalue weighted by Crippen LogP contribution is -2.48. The van der Waals surface area contributed by atoms with E-state index in [0.29, 0.717) is 12.3 Å². The Morgan fingerprint density at radius 3 is 2.75 bits per heavy atom. The highest BCUT2D eigenvalue weighted by Gasteiger charge is 2.26. The highest BCUT2D eigenvalue weighted by molar-refractivity contribution is 9.09. The maximum atomic E-state index is 12.3. The van der Waals surface area contributed by atoms with Gasteiger partial charge in [-0.05, 0) is 31.2 Å². The fraction of sp³-hybridized carbons (Fsp3) is 0.611. The minimum atomic E-state index is 0.319. The van der Waals surface area contributed by atoms with E-state index in [4.69, 9.17) is 0 Å². The fourth-order valence-corrected chi connectivity index (χ4v) is 4.65. The number of thiophene rings is 1. The zero-order chi connectivity index (χ0) is 16.9. The van der Waals surface area contributed by atoms with Gasteiger partial charge in [0.2, 0.25) is 5.91 Å². The molecule has 2 aliphatic heterocycles. The number of hydrogen-bond donors (Lipinski definition) is 0. The van der Waals surface area contributed by atoms with Gasteiger partial charge in [-0.2, -0.15) is 0 Å². The van der Waals surface area contributed by atoms with Crippen molar-refractivity contribution in [3.05, 3.63) is 28.1 Å². The Bertz CT molecular complexity index is 593. The van der Waals surface area contributed by atoms with E-state index >= 15 is 0 Å². The van der Waals surface area contributed by atoms with Crippen LogP contribution in [0.2, 0.25) is 0 Å². The molecule has 0 radical (unpaired) electrons. The smallest absolute Gasteiger partial charge is 0.222 e. The van der Waals surface area contributed by atoms with E-state index in [-0.39, 0.29) is 0 Å². The van der Waals surface area contributed by atoms with E-state index in [2.05, 4.69) is 50.3 Å². The molecule has 24 heavy (non-hydrogen) atoms. The summed E-state index contributed by atoms with van der Waals surface area (Å²) in [5.41, 5.74) is 2.73. The topological polar surface area (TPSA) is 26.8 Å². The zero-order valence-corrected chi connectivity index (χ0v) is 16.7. The lowest BCUT2D eigenvalue weighted by molar-refractivity contribution is -0.132. The van der Waals surface area contributed by atoms with Crippen LogP contribution in [-0.4, -0.2) is 58.7 Å². The molecule has 0 spiro atoms. The lowest BCUT2D eigenvalue weighted by Gasteiger charge is -2.39. The Balaban J connectivity index is 1.60. The van der Waals surface area contributed by atoms with E-state index in [1.165, 1.54) is 16.1 Å². The van der Waals surface area contributed by atoms with Gasteiger partial charge in [0.15, 0.2) is 0 Å². The van der Waals surface area contributed by atoms with Crippen LogP contribution in [0, 0.1) is 0 Å². The second kappa shape index (κ2) is 8.39. The molecule has 0 bridgehead atoms. The van der Waals surface area contributed by atoms with Gasteiger partial charge in [-0.1, -0.05) is 15.9 Å². The van der Waals surface area contributed by atoms with Gasteiger partial charge in [-0.15, -0.1) is 11.3 Å². The first kappa shape index (κ1) is 17.8. The number of unbranched alkanes of at least 4 members (excludes halogenated alkanes) is 1. The third-order valence-corrected chi connectivity index (χ3v) is 6.29. The van der Waals surface area contributed by atoms with Crippen LogP contribution in [0.5, 0.6) is 0 Å². The SMILES string of the molecule is CCN1C=C(N2CCN(C(=O)CCCCBr)CC2)c2ccsc2C1. The van der Waals surface area contributed by atoms with Crippen LogP contribution in [0.25, 0.3) is 5.70 Å². The molecule has 132 valence electrons. The quantitative estimate of drug-likeness (QED) is 0.528. The monoisotopic (exact) mass is 411 g/mol. The van der Waals surface area contributed by atoms with Crippen molar-refractivity contribution in [2.24, 2.45) is 0 Å². The van der Waals surface area contributed by atoms with E-state index < -0.39 is 0 Å². The van der Waals surface area contributed by atoms with Crippen molar-refractivity contribution in [1.82, 2.24) is 14.7 Å². The minimum Gasteiger partial charge on any atom is -0.371 e. The van der Waals surface area contributed by atoms with Gasteiger partial charge in [-0.25, -0.2) is 0 Å². The van der Waals surface area contributed by atoms with Crippen LogP contribution in [0.3, 0.4) is 0 Å². The van der Waals surface area contributed by atoms with Crippen molar-refractivity contribution in [3.8, 4) is 0 Å². The van der Waals surface area contributed by atoms with Gasteiger partial charge >= 0.3 is 0 Å². The maximum Gasteiger partial charge on any atom is 0.222 e. The summed E-state index contributed by atoms with van der Waals surface area (Å²) in [6.45, 7) is 7.82. The van der Waals surface area contributed by atoms with E-state index in [1.807, 2.05) is 16.2 Å². The van der Waals surface area contributed by atoms with Gasteiger partial charge in [0.1, 0.15) is 0 Å². The molecule has 0 saturated carbocycles. The summed E-state index contributed by atoms with van der Waals surface area (Å²) >= 11 is 5.28. The lowest BCUT2D eigenvalue weighted by atomic mass is 10.1. The Kier molecular flexibility index (Phi) is 6.22. The summed E-state index contributed by atoms with van der Waals surface area (Å²) in [4.78, 5) is 20.6. The number of rotatable bonds is 6. The Labute approximate surface area is 157 Å². The number of fused-ring (bicyclic) bond motifs is 1. The van der Waals surface area contributed by atoms with E-state index in [9.17, 15) is 4.79 Å². The summed E-state index contributed by atoms with van der Waals surface area (Å²) in [6, 6.07) is 2.25. The number of nitrogens with zero attached hydrogens (tertiary/aromatic N) is 3. The second-order valence-electron chi connectivity index (χ2n) is 6.35. The van der Waals surface area contributed by atoms with Crippen LogP contribution < -0.4 is 0 Å². The number of alkyl halides is 1. The summed E-state index contributed by atoms with van der Waals surface area (Å²) < 4.78 is 0. The van der Waals surface area contributed by atoms with E-state index in [0.717, 1.165) is 57.4 Å². The Morgan fingerprint density at radius 1 is 1.25 bits per heavy atom. The molecular weight excluding hydrogens is 386 g/mol. The number of piperazine rings is 1. The molecule has 0 aromatic carbocycles. The third-order valence-electron chi connectivity index (χ3n) is 4.83. The van der Waals surface area contributed by atoms with Crippen LogP contribution in [0.1, 0.15) is 36.6 Å². The van der Waals surface area contributed by atoms with Crippen molar-refractivity contribution in [3.63, 3.8) is 0 Å². The van der Waals surface area contributed by atoms with Gasteiger partial charge in [0.05, 0.1) is 12.2 Å².